The minimum absolute atomic E-state index is 0.198. The van der Waals surface area contributed by atoms with Gasteiger partial charge in [0.15, 0.2) is 6.20 Å². The van der Waals surface area contributed by atoms with E-state index in [-0.39, 0.29) is 6.03 Å². The van der Waals surface area contributed by atoms with Crippen molar-refractivity contribution in [1.82, 2.24) is 4.90 Å². The maximum atomic E-state index is 12.3. The van der Waals surface area contributed by atoms with E-state index in [9.17, 15) is 10.0 Å². The summed E-state index contributed by atoms with van der Waals surface area (Å²) in [7, 11) is 0. The van der Waals surface area contributed by atoms with Gasteiger partial charge < -0.3 is 20.2 Å². The first-order valence-electron chi connectivity index (χ1n) is 7.65. The van der Waals surface area contributed by atoms with Gasteiger partial charge in [0.1, 0.15) is 11.4 Å². The van der Waals surface area contributed by atoms with Crippen LogP contribution in [0.3, 0.4) is 0 Å². The lowest BCUT2D eigenvalue weighted by molar-refractivity contribution is -0.604. The average Bonchev–Trinajstić information content (AvgIpc) is 2.54. The molecule has 0 spiro atoms. The van der Waals surface area contributed by atoms with Crippen LogP contribution >= 0.6 is 0 Å². The normalized spacial score (nSPS) is 13.3. The molecule has 2 aromatic rings. The number of pyridine rings is 1. The topological polar surface area (TPSA) is 68.5 Å². The number of hydrogen-bond acceptors (Lipinski definition) is 3. The van der Waals surface area contributed by atoms with Gasteiger partial charge in [-0.1, -0.05) is 6.07 Å². The van der Waals surface area contributed by atoms with Crippen LogP contribution in [-0.4, -0.2) is 24.1 Å². The molecule has 0 atom stereocenters. The van der Waals surface area contributed by atoms with Crippen LogP contribution in [0.1, 0.15) is 18.1 Å². The van der Waals surface area contributed by atoms with Crippen LogP contribution in [-0.2, 0) is 13.0 Å². The molecule has 6 heteroatoms. The van der Waals surface area contributed by atoms with Gasteiger partial charge in [-0.05, 0) is 42.7 Å². The van der Waals surface area contributed by atoms with E-state index in [1.807, 2.05) is 25.1 Å². The van der Waals surface area contributed by atoms with Crippen molar-refractivity contribution >= 4 is 11.7 Å². The zero-order chi connectivity index (χ0) is 16.2. The highest BCUT2D eigenvalue weighted by atomic mass is 16.5. The zero-order valence-corrected chi connectivity index (χ0v) is 13.0. The maximum absolute atomic E-state index is 12.3. The van der Waals surface area contributed by atoms with Crippen molar-refractivity contribution in [2.75, 3.05) is 18.5 Å². The first-order valence-corrected chi connectivity index (χ1v) is 7.65. The Hall–Kier alpha value is -2.76. The Labute approximate surface area is 134 Å². The molecule has 0 saturated carbocycles. The Morgan fingerprint density at radius 2 is 2.26 bits per heavy atom. The summed E-state index contributed by atoms with van der Waals surface area (Å²) in [4.78, 5) is 14.1. The van der Waals surface area contributed by atoms with Crippen molar-refractivity contribution in [3.8, 4) is 5.75 Å². The highest BCUT2D eigenvalue weighted by Crippen LogP contribution is 2.24. The summed E-state index contributed by atoms with van der Waals surface area (Å²) in [5.41, 5.74) is 2.84. The van der Waals surface area contributed by atoms with E-state index >= 15 is 0 Å². The van der Waals surface area contributed by atoms with Gasteiger partial charge in [-0.2, -0.15) is 4.73 Å². The number of nitrogens with one attached hydrogen (secondary N) is 1. The van der Waals surface area contributed by atoms with E-state index < -0.39 is 0 Å². The molecule has 1 aliphatic rings. The zero-order valence-electron chi connectivity index (χ0n) is 13.0. The lowest BCUT2D eigenvalue weighted by Gasteiger charge is -2.29. The molecule has 120 valence electrons. The van der Waals surface area contributed by atoms with Crippen LogP contribution < -0.4 is 14.8 Å². The Morgan fingerprint density at radius 3 is 3.04 bits per heavy atom. The monoisotopic (exact) mass is 313 g/mol. The number of anilines is 1. The number of ether oxygens (including phenoxy) is 1. The fraction of sp³-hybridized carbons (Fsp3) is 0.294. The minimum atomic E-state index is -0.198. The Morgan fingerprint density at radius 1 is 1.39 bits per heavy atom. The molecule has 3 rings (SSSR count). The number of aromatic nitrogens is 1. The lowest BCUT2D eigenvalue weighted by atomic mass is 10.00. The fourth-order valence-electron chi connectivity index (χ4n) is 2.69. The van der Waals surface area contributed by atoms with Crippen molar-refractivity contribution in [2.45, 2.75) is 19.9 Å². The van der Waals surface area contributed by atoms with Gasteiger partial charge in [0.25, 0.3) is 0 Å². The summed E-state index contributed by atoms with van der Waals surface area (Å²) >= 11 is 0. The number of benzene rings is 1. The van der Waals surface area contributed by atoms with Crippen LogP contribution in [0, 0.1) is 5.21 Å². The van der Waals surface area contributed by atoms with Crippen LogP contribution in [0.5, 0.6) is 5.75 Å². The third-order valence-electron chi connectivity index (χ3n) is 3.81. The number of nitrogens with zero attached hydrogens (tertiary/aromatic N) is 2. The number of rotatable bonds is 3. The van der Waals surface area contributed by atoms with Gasteiger partial charge in [0.2, 0.25) is 6.20 Å². The smallest absolute Gasteiger partial charge is 0.322 e. The SMILES string of the molecule is CCOc1ccc2c(c1)CCN(C(=O)Nc1ccc[n+]([O-])c1)C2. The van der Waals surface area contributed by atoms with E-state index in [0.717, 1.165) is 17.7 Å². The summed E-state index contributed by atoms with van der Waals surface area (Å²) in [6.07, 6.45) is 3.51. The average molecular weight is 313 g/mol. The summed E-state index contributed by atoms with van der Waals surface area (Å²) in [6.45, 7) is 3.79. The van der Waals surface area contributed by atoms with Gasteiger partial charge in [-0.3, -0.25) is 0 Å². The van der Waals surface area contributed by atoms with Gasteiger partial charge in [0, 0.05) is 19.2 Å². The highest BCUT2D eigenvalue weighted by molar-refractivity contribution is 5.89. The van der Waals surface area contributed by atoms with Crippen molar-refractivity contribution in [1.29, 1.82) is 0 Å². The molecule has 0 bridgehead atoms. The number of urea groups is 1. The van der Waals surface area contributed by atoms with Gasteiger partial charge >= 0.3 is 6.03 Å². The molecule has 1 aromatic carbocycles. The fourth-order valence-corrected chi connectivity index (χ4v) is 2.69. The first-order chi connectivity index (χ1) is 11.2. The lowest BCUT2D eigenvalue weighted by Crippen LogP contribution is -2.39. The number of carbonyl (C=O) groups is 1. The molecule has 0 saturated heterocycles. The third-order valence-corrected chi connectivity index (χ3v) is 3.81. The van der Waals surface area contributed by atoms with Crippen molar-refractivity contribution < 1.29 is 14.3 Å². The predicted molar refractivity (Wildman–Crippen MR) is 86.1 cm³/mol. The molecular weight excluding hydrogens is 294 g/mol. The van der Waals surface area contributed by atoms with Crippen LogP contribution in [0.2, 0.25) is 0 Å². The molecular formula is C17H19N3O3. The quantitative estimate of drug-likeness (QED) is 0.698. The first kappa shape index (κ1) is 15.1. The molecule has 1 aliphatic heterocycles. The number of fused-ring (bicyclic) bond motifs is 1. The van der Waals surface area contributed by atoms with E-state index in [0.29, 0.717) is 30.1 Å². The summed E-state index contributed by atoms with van der Waals surface area (Å²) in [6, 6.07) is 9.08. The van der Waals surface area contributed by atoms with Crippen LogP contribution in [0.4, 0.5) is 10.5 Å². The number of carbonyl (C=O) groups excluding carboxylic acids is 1. The second-order valence-electron chi connectivity index (χ2n) is 5.42. The van der Waals surface area contributed by atoms with Gasteiger partial charge in [-0.25, -0.2) is 4.79 Å². The molecule has 1 aromatic heterocycles. The van der Waals surface area contributed by atoms with E-state index in [1.165, 1.54) is 18.0 Å². The van der Waals surface area contributed by atoms with Crippen molar-refractivity contribution in [3.63, 3.8) is 0 Å². The molecule has 2 amide bonds. The molecule has 0 unspecified atom stereocenters. The predicted octanol–water partition coefficient (Wildman–Crippen LogP) is 2.31. The Kier molecular flexibility index (Phi) is 4.32. The molecule has 0 fully saturated rings. The molecule has 6 nitrogen and oxygen atoms in total. The standard InChI is InChI=1S/C17H19N3O3/c1-2-23-16-6-5-14-11-19(9-7-13(14)10-16)17(21)18-15-4-3-8-20(22)12-15/h3-6,8,10,12H,2,7,9,11H2,1H3,(H,18,21). The molecule has 0 aliphatic carbocycles. The van der Waals surface area contributed by atoms with Crippen LogP contribution in [0.15, 0.2) is 42.7 Å². The Balaban J connectivity index is 1.68. The number of hydrogen-bond donors (Lipinski definition) is 1. The summed E-state index contributed by atoms with van der Waals surface area (Å²) < 4.78 is 6.17. The molecule has 23 heavy (non-hydrogen) atoms. The van der Waals surface area contributed by atoms with E-state index in [1.54, 1.807) is 17.0 Å². The Bertz CT molecular complexity index is 718. The maximum Gasteiger partial charge on any atom is 0.322 e. The van der Waals surface area contributed by atoms with Gasteiger partial charge in [0.05, 0.1) is 6.61 Å². The second kappa shape index (κ2) is 6.56. The van der Waals surface area contributed by atoms with Crippen LogP contribution in [0.25, 0.3) is 0 Å². The van der Waals surface area contributed by atoms with Gasteiger partial charge in [-0.15, -0.1) is 0 Å². The molecule has 1 N–H and O–H groups in total. The highest BCUT2D eigenvalue weighted by Gasteiger charge is 2.21. The third kappa shape index (κ3) is 3.53. The summed E-state index contributed by atoms with van der Waals surface area (Å²) in [5, 5.41) is 14.0. The molecule has 2 heterocycles. The van der Waals surface area contributed by atoms with Crippen molar-refractivity contribution in [2.24, 2.45) is 0 Å². The van der Waals surface area contributed by atoms with Crippen molar-refractivity contribution in [3.05, 3.63) is 59.1 Å². The van der Waals surface area contributed by atoms with E-state index in [2.05, 4.69) is 5.32 Å². The summed E-state index contributed by atoms with van der Waals surface area (Å²) in [5.74, 6) is 0.869. The van der Waals surface area contributed by atoms with E-state index in [4.69, 9.17) is 4.74 Å². The number of amides is 2. The minimum Gasteiger partial charge on any atom is -0.619 e. The largest absolute Gasteiger partial charge is 0.619 e. The second-order valence-corrected chi connectivity index (χ2v) is 5.42. The molecule has 0 radical (unpaired) electrons.